The Morgan fingerprint density at radius 1 is 1.19 bits per heavy atom. The number of nitrogens with zero attached hydrogens (tertiary/aromatic N) is 2. The van der Waals surface area contributed by atoms with Crippen LogP contribution in [0, 0.1) is 0 Å². The van der Waals surface area contributed by atoms with Crippen LogP contribution >= 0.6 is 11.6 Å². The summed E-state index contributed by atoms with van der Waals surface area (Å²) in [6, 6.07) is 9.82. The number of rotatable bonds is 8. The van der Waals surface area contributed by atoms with Gasteiger partial charge in [0, 0.05) is 63.0 Å². The zero-order valence-corrected chi connectivity index (χ0v) is 24.2. The number of aliphatic hydroxyl groups excluding tert-OH is 1. The van der Waals surface area contributed by atoms with E-state index in [1.54, 1.807) is 18.2 Å². The number of carbonyl (C=O) groups is 2. The lowest BCUT2D eigenvalue weighted by molar-refractivity contribution is -0.204. The number of halogens is 4. The van der Waals surface area contributed by atoms with Gasteiger partial charge in [-0.05, 0) is 35.9 Å². The van der Waals surface area contributed by atoms with Gasteiger partial charge in [0.1, 0.15) is 41.7 Å². The third-order valence-corrected chi connectivity index (χ3v) is 8.13. The fourth-order valence-electron chi connectivity index (χ4n) is 5.63. The molecule has 0 radical (unpaired) electrons. The maximum atomic E-state index is 12.8. The van der Waals surface area contributed by atoms with Gasteiger partial charge in [0.05, 0.1) is 19.3 Å². The van der Waals surface area contributed by atoms with Crippen molar-refractivity contribution in [2.45, 2.75) is 49.7 Å². The van der Waals surface area contributed by atoms with Gasteiger partial charge in [-0.1, -0.05) is 11.6 Å². The summed E-state index contributed by atoms with van der Waals surface area (Å²) in [5.41, 5.74) is 1.14. The number of fused-ring (bicyclic) bond motifs is 1. The molecule has 2 atom stereocenters. The van der Waals surface area contributed by atoms with E-state index in [2.05, 4.69) is 15.0 Å². The molecule has 3 heterocycles. The highest BCUT2D eigenvalue weighted by atomic mass is 35.5. The minimum atomic E-state index is -5.10. The van der Waals surface area contributed by atoms with Crippen LogP contribution in [0.1, 0.15) is 24.8 Å². The summed E-state index contributed by atoms with van der Waals surface area (Å²) in [6.07, 6.45) is -4.47. The van der Waals surface area contributed by atoms with Crippen LogP contribution in [-0.2, 0) is 16.0 Å². The minimum Gasteiger partial charge on any atom is -0.497 e. The predicted octanol–water partition coefficient (Wildman–Crippen LogP) is 4.27. The normalized spacial score (nSPS) is 20.3. The van der Waals surface area contributed by atoms with Crippen molar-refractivity contribution in [2.24, 2.45) is 0 Å². The van der Waals surface area contributed by atoms with E-state index < -0.39 is 30.4 Å². The highest BCUT2D eigenvalue weighted by molar-refractivity contribution is 6.30. The number of carbonyl (C=O) groups excluding carboxylic acids is 2. The van der Waals surface area contributed by atoms with Gasteiger partial charge in [-0.25, -0.2) is 9.59 Å². The van der Waals surface area contributed by atoms with Gasteiger partial charge in [0.2, 0.25) is 0 Å². The molecule has 5 rings (SSSR count). The smallest absolute Gasteiger partial charge is 0.490 e. The number of nitrogens with one attached hydrogen (secondary N) is 1. The third-order valence-electron chi connectivity index (χ3n) is 7.90. The van der Waals surface area contributed by atoms with Crippen molar-refractivity contribution < 1.29 is 46.8 Å². The second kappa shape index (κ2) is 12.7. The zero-order chi connectivity index (χ0) is 30.8. The van der Waals surface area contributed by atoms with Crippen molar-refractivity contribution in [3.63, 3.8) is 0 Å². The molecule has 2 aromatic carbocycles. The van der Waals surface area contributed by atoms with Crippen LogP contribution in [0.15, 0.2) is 36.4 Å². The molecule has 2 saturated heterocycles. The highest BCUT2D eigenvalue weighted by Crippen LogP contribution is 2.42. The second-order valence-electron chi connectivity index (χ2n) is 11.0. The van der Waals surface area contributed by atoms with Crippen molar-refractivity contribution >= 4 is 29.3 Å². The third kappa shape index (κ3) is 7.57. The fourth-order valence-corrected chi connectivity index (χ4v) is 5.83. The Kier molecular flexibility index (Phi) is 9.14. The topological polar surface area (TPSA) is 110 Å². The Labute approximate surface area is 251 Å². The number of methoxy groups -OCH3 is 1. The van der Waals surface area contributed by atoms with Gasteiger partial charge in [0.15, 0.2) is 0 Å². The molecular formula is C29H33ClF3N3O7. The molecule has 1 spiro atoms. The lowest BCUT2D eigenvalue weighted by Gasteiger charge is -2.39. The first-order valence-corrected chi connectivity index (χ1v) is 14.3. The molecule has 2 aromatic rings. The Morgan fingerprint density at radius 3 is 2.67 bits per heavy atom. The molecule has 0 unspecified atom stereocenters. The number of likely N-dealkylation sites (tertiary alicyclic amines) is 2. The first-order valence-electron chi connectivity index (χ1n) is 14.0. The molecule has 10 nitrogen and oxygen atoms in total. The Balaban J connectivity index is 1.11. The fraction of sp³-hybridized carbons (Fsp3) is 0.517. The van der Waals surface area contributed by atoms with Gasteiger partial charge in [-0.3, -0.25) is 0 Å². The molecule has 43 heavy (non-hydrogen) atoms. The van der Waals surface area contributed by atoms with Crippen molar-refractivity contribution in [2.75, 3.05) is 51.8 Å². The summed E-state index contributed by atoms with van der Waals surface area (Å²) in [7, 11) is 1.48. The van der Waals surface area contributed by atoms with Gasteiger partial charge in [0.25, 0.3) is 0 Å². The molecule has 2 fully saturated rings. The zero-order valence-electron chi connectivity index (χ0n) is 23.5. The van der Waals surface area contributed by atoms with E-state index in [1.165, 1.54) is 12.0 Å². The molecule has 3 aliphatic rings. The molecule has 14 heteroatoms. The molecule has 2 N–H and O–H groups in total. The van der Waals surface area contributed by atoms with Crippen molar-refractivity contribution in [1.29, 1.82) is 0 Å². The Bertz CT molecular complexity index is 1340. The SMILES string of the molecule is COc1ccc(NC(=O)N2CC[C@H](OC(=O)C(F)(F)F)C2)c(OC[C@H](O)CN2CCC3(CC2)Cc2cc(Cl)ccc2O3)c1. The van der Waals surface area contributed by atoms with E-state index in [0.29, 0.717) is 17.3 Å². The highest BCUT2D eigenvalue weighted by Gasteiger charge is 2.44. The standard InChI is InChI=1S/C29H33ClF3N3O7/c1-40-21-3-4-23(34-27(39)36-9-6-22(16-36)42-26(38)29(31,32)33)25(13-21)41-17-20(37)15-35-10-7-28(8-11-35)14-18-12-19(30)2-5-24(18)43-28/h2-5,12-13,20,22,37H,6-11,14-17H2,1H3,(H,34,39)/t20-,22+/m1/s1. The molecule has 2 amide bonds. The average Bonchev–Trinajstić information content (AvgIpc) is 3.57. The first-order chi connectivity index (χ1) is 20.4. The number of urea groups is 1. The molecule has 234 valence electrons. The number of hydrogen-bond acceptors (Lipinski definition) is 8. The average molecular weight is 628 g/mol. The number of benzene rings is 2. The minimum absolute atomic E-state index is 0.0582. The number of esters is 1. The van der Waals surface area contributed by atoms with Crippen molar-refractivity contribution in [1.82, 2.24) is 9.80 Å². The van der Waals surface area contributed by atoms with Crippen molar-refractivity contribution in [3.05, 3.63) is 47.0 Å². The maximum Gasteiger partial charge on any atom is 0.490 e. The number of amides is 2. The van der Waals surface area contributed by atoms with Gasteiger partial charge < -0.3 is 39.2 Å². The lowest BCUT2D eigenvalue weighted by atomic mass is 9.87. The van der Waals surface area contributed by atoms with E-state index in [4.69, 9.17) is 25.8 Å². The summed E-state index contributed by atoms with van der Waals surface area (Å²) in [5.74, 6) is -0.694. The van der Waals surface area contributed by atoms with Gasteiger partial charge in [-0.2, -0.15) is 13.2 Å². The molecule has 0 saturated carbocycles. The number of ether oxygens (including phenoxy) is 4. The molecule has 3 aliphatic heterocycles. The molecule has 0 aliphatic carbocycles. The number of aliphatic hydroxyl groups is 1. The Hall–Kier alpha value is -3.42. The van der Waals surface area contributed by atoms with Crippen molar-refractivity contribution in [3.8, 4) is 17.2 Å². The van der Waals surface area contributed by atoms with E-state index in [1.807, 2.05) is 18.2 Å². The van der Waals surface area contributed by atoms with Gasteiger partial charge in [-0.15, -0.1) is 0 Å². The number of piperidine rings is 1. The maximum absolute atomic E-state index is 12.8. The number of hydrogen-bond donors (Lipinski definition) is 2. The summed E-state index contributed by atoms with van der Waals surface area (Å²) < 4.78 is 59.4. The van der Waals surface area contributed by atoms with Crippen LogP contribution < -0.4 is 19.5 Å². The van der Waals surface area contributed by atoms with Gasteiger partial charge >= 0.3 is 18.2 Å². The molecule has 0 aromatic heterocycles. The largest absolute Gasteiger partial charge is 0.497 e. The van der Waals surface area contributed by atoms with E-state index in [0.717, 1.165) is 43.7 Å². The van der Waals surface area contributed by atoms with Crippen LogP contribution in [0.4, 0.5) is 23.7 Å². The summed E-state index contributed by atoms with van der Waals surface area (Å²) in [5, 5.41) is 14.1. The summed E-state index contributed by atoms with van der Waals surface area (Å²) >= 11 is 6.14. The number of anilines is 1. The van der Waals surface area contributed by atoms with E-state index >= 15 is 0 Å². The quantitative estimate of drug-likeness (QED) is 0.418. The van der Waals surface area contributed by atoms with Crippen LogP contribution in [0.5, 0.6) is 17.2 Å². The monoisotopic (exact) mass is 627 g/mol. The molecular weight excluding hydrogens is 595 g/mol. The summed E-state index contributed by atoms with van der Waals surface area (Å²) in [6.45, 7) is 1.74. The van der Waals surface area contributed by atoms with E-state index in [9.17, 15) is 27.9 Å². The first kappa shape index (κ1) is 31.0. The van der Waals surface area contributed by atoms with Crippen LogP contribution in [0.3, 0.4) is 0 Å². The van der Waals surface area contributed by atoms with E-state index in [-0.39, 0.29) is 43.2 Å². The van der Waals surface area contributed by atoms with Crippen LogP contribution in [0.25, 0.3) is 0 Å². The number of alkyl halides is 3. The number of β-amino-alcohol motifs (C(OH)–C–C–N with tert-alkyl or cyclic N) is 1. The predicted molar refractivity (Wildman–Crippen MR) is 150 cm³/mol. The van der Waals surface area contributed by atoms with Crippen LogP contribution in [0.2, 0.25) is 5.02 Å². The lowest BCUT2D eigenvalue weighted by Crippen LogP contribution is -2.49. The molecule has 0 bridgehead atoms. The second-order valence-corrected chi connectivity index (χ2v) is 11.5. The Morgan fingerprint density at radius 2 is 1.95 bits per heavy atom. The summed E-state index contributed by atoms with van der Waals surface area (Å²) in [4.78, 5) is 27.4. The van der Waals surface area contributed by atoms with Crippen LogP contribution in [-0.4, -0.2) is 97.3 Å².